The molecule has 2 rings (SSSR count). The molecular formula is C14H18ClNO3. The Morgan fingerprint density at radius 3 is 2.84 bits per heavy atom. The van der Waals surface area contributed by atoms with E-state index in [9.17, 15) is 4.79 Å². The zero-order valence-electron chi connectivity index (χ0n) is 10.9. The van der Waals surface area contributed by atoms with Crippen molar-refractivity contribution < 1.29 is 14.3 Å². The van der Waals surface area contributed by atoms with E-state index in [0.717, 1.165) is 17.1 Å². The lowest BCUT2D eigenvalue weighted by molar-refractivity contribution is -0.121. The molecule has 1 aliphatic rings. The summed E-state index contributed by atoms with van der Waals surface area (Å²) in [6, 6.07) is 5.69. The third-order valence-corrected chi connectivity index (χ3v) is 3.25. The molecule has 1 aromatic carbocycles. The van der Waals surface area contributed by atoms with E-state index in [1.165, 1.54) is 0 Å². The van der Waals surface area contributed by atoms with Crippen molar-refractivity contribution in [3.05, 3.63) is 23.8 Å². The van der Waals surface area contributed by atoms with Gasteiger partial charge in [-0.15, -0.1) is 11.6 Å². The summed E-state index contributed by atoms with van der Waals surface area (Å²) < 4.78 is 11.0. The van der Waals surface area contributed by atoms with Crippen molar-refractivity contribution in [3.8, 4) is 11.5 Å². The lowest BCUT2D eigenvalue weighted by Crippen LogP contribution is -2.26. The molecule has 0 aliphatic carbocycles. The normalized spacial score (nSPS) is 14.8. The number of amides is 1. The Labute approximate surface area is 118 Å². The van der Waals surface area contributed by atoms with E-state index in [1.54, 1.807) is 0 Å². The van der Waals surface area contributed by atoms with E-state index in [1.807, 2.05) is 25.1 Å². The highest BCUT2D eigenvalue weighted by Gasteiger charge is 2.15. The van der Waals surface area contributed by atoms with E-state index in [4.69, 9.17) is 21.1 Å². The molecule has 0 spiro atoms. The lowest BCUT2D eigenvalue weighted by Gasteiger charge is -2.21. The van der Waals surface area contributed by atoms with Gasteiger partial charge in [0.2, 0.25) is 5.91 Å². The van der Waals surface area contributed by atoms with E-state index >= 15 is 0 Å². The first-order valence-corrected chi connectivity index (χ1v) is 6.99. The second-order valence-electron chi connectivity index (χ2n) is 4.48. The molecule has 1 N–H and O–H groups in total. The summed E-state index contributed by atoms with van der Waals surface area (Å²) in [7, 11) is 0. The third kappa shape index (κ3) is 3.77. The van der Waals surface area contributed by atoms with Gasteiger partial charge in [-0.3, -0.25) is 4.79 Å². The number of alkyl halides is 1. The van der Waals surface area contributed by atoms with Gasteiger partial charge in [0, 0.05) is 12.3 Å². The second-order valence-corrected chi connectivity index (χ2v) is 4.86. The molecule has 1 amide bonds. The molecule has 1 unspecified atom stereocenters. The van der Waals surface area contributed by atoms with Gasteiger partial charge >= 0.3 is 0 Å². The monoisotopic (exact) mass is 283 g/mol. The molecule has 0 fully saturated rings. The van der Waals surface area contributed by atoms with Crippen LogP contribution in [0.1, 0.15) is 31.4 Å². The summed E-state index contributed by atoms with van der Waals surface area (Å²) in [6.45, 7) is 3.09. The van der Waals surface area contributed by atoms with Crippen molar-refractivity contribution in [2.24, 2.45) is 0 Å². The Balaban J connectivity index is 1.99. The molecule has 1 aromatic rings. The van der Waals surface area contributed by atoms with Crippen molar-refractivity contribution in [2.75, 3.05) is 19.1 Å². The lowest BCUT2D eigenvalue weighted by atomic mass is 10.1. The van der Waals surface area contributed by atoms with Crippen LogP contribution in [0.3, 0.4) is 0 Å². The highest BCUT2D eigenvalue weighted by molar-refractivity contribution is 6.17. The van der Waals surface area contributed by atoms with Crippen LogP contribution in [0.2, 0.25) is 0 Å². The van der Waals surface area contributed by atoms with Gasteiger partial charge in [-0.25, -0.2) is 0 Å². The van der Waals surface area contributed by atoms with Crippen LogP contribution in [0.5, 0.6) is 11.5 Å². The quantitative estimate of drug-likeness (QED) is 0.845. The molecule has 19 heavy (non-hydrogen) atoms. The Kier molecular flexibility index (Phi) is 4.91. The number of hydrogen-bond donors (Lipinski definition) is 1. The average molecular weight is 284 g/mol. The number of carbonyl (C=O) groups is 1. The predicted octanol–water partition coefficient (Wildman–Crippen LogP) is 2.65. The molecule has 1 aliphatic heterocycles. The number of carbonyl (C=O) groups excluding carboxylic acids is 1. The minimum absolute atomic E-state index is 0.0167. The molecule has 5 heteroatoms. The molecule has 1 heterocycles. The molecule has 1 atom stereocenters. The summed E-state index contributed by atoms with van der Waals surface area (Å²) >= 11 is 5.57. The van der Waals surface area contributed by atoms with E-state index in [2.05, 4.69) is 5.32 Å². The van der Waals surface area contributed by atoms with Crippen LogP contribution in [0.25, 0.3) is 0 Å². The number of fused-ring (bicyclic) bond motifs is 1. The average Bonchev–Trinajstić information content (AvgIpc) is 2.44. The van der Waals surface area contributed by atoms with E-state index in [0.29, 0.717) is 31.9 Å². The largest absolute Gasteiger partial charge is 0.486 e. The van der Waals surface area contributed by atoms with E-state index < -0.39 is 0 Å². The molecule has 0 bridgehead atoms. The zero-order chi connectivity index (χ0) is 13.7. The summed E-state index contributed by atoms with van der Waals surface area (Å²) in [6.07, 6.45) is 1.15. The summed E-state index contributed by atoms with van der Waals surface area (Å²) in [5.74, 6) is 2.02. The molecule has 0 saturated carbocycles. The molecule has 104 valence electrons. The fraction of sp³-hybridized carbons (Fsp3) is 0.500. The maximum atomic E-state index is 11.6. The van der Waals surface area contributed by atoms with Crippen molar-refractivity contribution in [1.82, 2.24) is 5.32 Å². The van der Waals surface area contributed by atoms with E-state index in [-0.39, 0.29) is 11.9 Å². The van der Waals surface area contributed by atoms with Gasteiger partial charge < -0.3 is 14.8 Å². The third-order valence-electron chi connectivity index (χ3n) is 2.98. The van der Waals surface area contributed by atoms with Gasteiger partial charge in [0.25, 0.3) is 0 Å². The highest BCUT2D eigenvalue weighted by Crippen LogP contribution is 2.32. The predicted molar refractivity (Wildman–Crippen MR) is 73.9 cm³/mol. The molecule has 4 nitrogen and oxygen atoms in total. The Morgan fingerprint density at radius 1 is 1.37 bits per heavy atom. The topological polar surface area (TPSA) is 47.6 Å². The first kappa shape index (κ1) is 14.0. The molecule has 0 saturated heterocycles. The number of ether oxygens (including phenoxy) is 2. The second kappa shape index (κ2) is 6.66. The smallest absolute Gasteiger partial charge is 0.220 e. The maximum absolute atomic E-state index is 11.6. The fourth-order valence-electron chi connectivity index (χ4n) is 1.95. The van der Waals surface area contributed by atoms with Gasteiger partial charge in [0.15, 0.2) is 11.5 Å². The van der Waals surface area contributed by atoms with Crippen LogP contribution in [0.15, 0.2) is 18.2 Å². The number of benzene rings is 1. The maximum Gasteiger partial charge on any atom is 0.220 e. The Morgan fingerprint density at radius 2 is 2.11 bits per heavy atom. The SMILES string of the molecule is CC(NC(=O)CCCCl)c1ccc2c(c1)OCCO2. The van der Waals surface area contributed by atoms with Crippen LogP contribution >= 0.6 is 11.6 Å². The number of hydrogen-bond acceptors (Lipinski definition) is 3. The van der Waals surface area contributed by atoms with Crippen LogP contribution in [0.4, 0.5) is 0 Å². The number of rotatable bonds is 5. The van der Waals surface area contributed by atoms with Gasteiger partial charge in [0.1, 0.15) is 13.2 Å². The number of halogens is 1. The molecule has 0 radical (unpaired) electrons. The minimum atomic E-state index is -0.0568. The fourth-order valence-corrected chi connectivity index (χ4v) is 2.09. The highest BCUT2D eigenvalue weighted by atomic mass is 35.5. The van der Waals surface area contributed by atoms with Crippen LogP contribution in [0, 0.1) is 0 Å². The van der Waals surface area contributed by atoms with Crippen molar-refractivity contribution in [3.63, 3.8) is 0 Å². The van der Waals surface area contributed by atoms with Gasteiger partial charge in [-0.1, -0.05) is 6.07 Å². The van der Waals surface area contributed by atoms with Crippen molar-refractivity contribution in [1.29, 1.82) is 0 Å². The summed E-state index contributed by atoms with van der Waals surface area (Å²) in [4.78, 5) is 11.6. The van der Waals surface area contributed by atoms with Crippen LogP contribution in [-0.2, 0) is 4.79 Å². The molecular weight excluding hydrogens is 266 g/mol. The van der Waals surface area contributed by atoms with Gasteiger partial charge in [-0.05, 0) is 31.0 Å². The van der Waals surface area contributed by atoms with Gasteiger partial charge in [-0.2, -0.15) is 0 Å². The minimum Gasteiger partial charge on any atom is -0.486 e. The number of nitrogens with one attached hydrogen (secondary N) is 1. The first-order chi connectivity index (χ1) is 9.20. The van der Waals surface area contributed by atoms with Crippen molar-refractivity contribution in [2.45, 2.75) is 25.8 Å². The standard InChI is InChI=1S/C14H18ClNO3/c1-10(16-14(17)3-2-6-15)11-4-5-12-13(9-11)19-8-7-18-12/h4-5,9-10H,2-3,6-8H2,1H3,(H,16,17). The molecule has 0 aromatic heterocycles. The Hall–Kier alpha value is -1.42. The van der Waals surface area contributed by atoms with Crippen molar-refractivity contribution >= 4 is 17.5 Å². The summed E-state index contributed by atoms with van der Waals surface area (Å²) in [5, 5.41) is 2.94. The summed E-state index contributed by atoms with van der Waals surface area (Å²) in [5.41, 5.74) is 1.00. The zero-order valence-corrected chi connectivity index (χ0v) is 11.7. The van der Waals surface area contributed by atoms with Gasteiger partial charge in [0.05, 0.1) is 6.04 Å². The van der Waals surface area contributed by atoms with Crippen LogP contribution in [-0.4, -0.2) is 25.0 Å². The Bertz CT molecular complexity index is 450. The first-order valence-electron chi connectivity index (χ1n) is 6.45. The van der Waals surface area contributed by atoms with Crippen LogP contribution < -0.4 is 14.8 Å².